The number of benzene rings is 2. The molecule has 1 aliphatic heterocycles. The van der Waals surface area contributed by atoms with Gasteiger partial charge in [0.25, 0.3) is 5.91 Å². The van der Waals surface area contributed by atoms with Crippen LogP contribution in [0.15, 0.2) is 58.8 Å². The van der Waals surface area contributed by atoms with Crippen molar-refractivity contribution in [2.75, 3.05) is 26.2 Å². The fourth-order valence-electron chi connectivity index (χ4n) is 3.43. The highest BCUT2D eigenvalue weighted by molar-refractivity contribution is 7.89. The number of piperazine rings is 1. The van der Waals surface area contributed by atoms with Gasteiger partial charge < -0.3 is 9.64 Å². The van der Waals surface area contributed by atoms with Crippen molar-refractivity contribution in [3.05, 3.63) is 76.0 Å². The van der Waals surface area contributed by atoms with E-state index in [1.54, 1.807) is 40.5 Å². The second kappa shape index (κ2) is 9.35. The third kappa shape index (κ3) is 4.82. The van der Waals surface area contributed by atoms with Crippen LogP contribution in [0.5, 0.6) is 5.75 Å². The summed E-state index contributed by atoms with van der Waals surface area (Å²) in [6.45, 7) is 2.97. The molecule has 1 fully saturated rings. The van der Waals surface area contributed by atoms with E-state index in [0.29, 0.717) is 17.9 Å². The Morgan fingerprint density at radius 2 is 1.78 bits per heavy atom. The zero-order chi connectivity index (χ0) is 22.7. The van der Waals surface area contributed by atoms with Gasteiger partial charge in [-0.25, -0.2) is 17.8 Å². The van der Waals surface area contributed by atoms with Gasteiger partial charge in [-0.1, -0.05) is 12.1 Å². The SMILES string of the molecule is Cc1nc(COc2ccc(C(=O)N3CCN(S(=O)(=O)c4ccccc4F)CC3)cc2)cs1. The minimum atomic E-state index is -3.94. The molecule has 2 heterocycles. The number of aromatic nitrogens is 1. The van der Waals surface area contributed by atoms with Crippen LogP contribution in [0.25, 0.3) is 0 Å². The van der Waals surface area contributed by atoms with E-state index in [9.17, 15) is 17.6 Å². The Morgan fingerprint density at radius 1 is 1.09 bits per heavy atom. The molecule has 168 valence electrons. The Balaban J connectivity index is 1.34. The molecule has 0 saturated carbocycles. The number of hydrogen-bond acceptors (Lipinski definition) is 6. The van der Waals surface area contributed by atoms with E-state index in [2.05, 4.69) is 4.98 Å². The first-order valence-electron chi connectivity index (χ1n) is 10.0. The Bertz CT molecular complexity index is 1200. The highest BCUT2D eigenvalue weighted by atomic mass is 32.2. The number of ether oxygens (including phenoxy) is 1. The molecule has 0 radical (unpaired) electrons. The molecule has 0 N–H and O–H groups in total. The Labute approximate surface area is 190 Å². The van der Waals surface area contributed by atoms with Crippen molar-refractivity contribution in [1.29, 1.82) is 0 Å². The van der Waals surface area contributed by atoms with Crippen LogP contribution in [0.3, 0.4) is 0 Å². The fraction of sp³-hybridized carbons (Fsp3) is 0.273. The fourth-order valence-corrected chi connectivity index (χ4v) is 5.52. The lowest BCUT2D eigenvalue weighted by atomic mass is 10.2. The van der Waals surface area contributed by atoms with E-state index < -0.39 is 15.8 Å². The summed E-state index contributed by atoms with van der Waals surface area (Å²) in [5, 5.41) is 2.92. The zero-order valence-electron chi connectivity index (χ0n) is 17.4. The smallest absolute Gasteiger partial charge is 0.253 e. The van der Waals surface area contributed by atoms with Crippen molar-refractivity contribution in [3.8, 4) is 5.75 Å². The molecule has 1 amide bonds. The number of carbonyl (C=O) groups is 1. The summed E-state index contributed by atoms with van der Waals surface area (Å²) >= 11 is 1.56. The van der Waals surface area contributed by atoms with Crippen molar-refractivity contribution in [2.24, 2.45) is 0 Å². The molecular weight excluding hydrogens is 453 g/mol. The first kappa shape index (κ1) is 22.4. The van der Waals surface area contributed by atoms with Crippen LogP contribution < -0.4 is 4.74 Å². The second-order valence-electron chi connectivity index (χ2n) is 7.30. The quantitative estimate of drug-likeness (QED) is 0.547. The van der Waals surface area contributed by atoms with Crippen LogP contribution in [-0.2, 0) is 16.6 Å². The molecule has 4 rings (SSSR count). The molecule has 0 aliphatic carbocycles. The monoisotopic (exact) mass is 475 g/mol. The van der Waals surface area contributed by atoms with E-state index in [0.717, 1.165) is 16.8 Å². The van der Waals surface area contributed by atoms with Gasteiger partial charge in [0.05, 0.1) is 10.7 Å². The molecule has 1 aliphatic rings. The van der Waals surface area contributed by atoms with Gasteiger partial charge in [0.1, 0.15) is 23.1 Å². The maximum absolute atomic E-state index is 14.0. The van der Waals surface area contributed by atoms with E-state index in [4.69, 9.17) is 4.74 Å². The van der Waals surface area contributed by atoms with Crippen molar-refractivity contribution in [3.63, 3.8) is 0 Å². The highest BCUT2D eigenvalue weighted by Crippen LogP contribution is 2.22. The molecule has 2 aromatic carbocycles. The second-order valence-corrected chi connectivity index (χ2v) is 10.3. The van der Waals surface area contributed by atoms with Crippen molar-refractivity contribution in [2.45, 2.75) is 18.4 Å². The zero-order valence-corrected chi connectivity index (χ0v) is 19.0. The normalized spacial score (nSPS) is 15.0. The predicted molar refractivity (Wildman–Crippen MR) is 119 cm³/mol. The summed E-state index contributed by atoms with van der Waals surface area (Å²) in [6, 6.07) is 12.1. The molecule has 0 bridgehead atoms. The van der Waals surface area contributed by atoms with Gasteiger partial charge in [0.2, 0.25) is 10.0 Å². The van der Waals surface area contributed by atoms with Crippen LogP contribution in [0.1, 0.15) is 21.1 Å². The first-order chi connectivity index (χ1) is 15.3. The van der Waals surface area contributed by atoms with Crippen LogP contribution in [0, 0.1) is 12.7 Å². The molecular formula is C22H22FN3O4S2. The van der Waals surface area contributed by atoms with Crippen molar-refractivity contribution in [1.82, 2.24) is 14.2 Å². The van der Waals surface area contributed by atoms with E-state index >= 15 is 0 Å². The summed E-state index contributed by atoms with van der Waals surface area (Å²) in [5.41, 5.74) is 1.35. The van der Waals surface area contributed by atoms with Gasteiger partial charge >= 0.3 is 0 Å². The maximum Gasteiger partial charge on any atom is 0.253 e. The lowest BCUT2D eigenvalue weighted by Gasteiger charge is -2.34. The molecule has 32 heavy (non-hydrogen) atoms. The Kier molecular flexibility index (Phi) is 6.54. The number of rotatable bonds is 6. The minimum Gasteiger partial charge on any atom is -0.487 e. The number of halogens is 1. The molecule has 1 saturated heterocycles. The lowest BCUT2D eigenvalue weighted by Crippen LogP contribution is -2.50. The topological polar surface area (TPSA) is 79.8 Å². The summed E-state index contributed by atoms with van der Waals surface area (Å²) in [7, 11) is -3.94. The van der Waals surface area contributed by atoms with Crippen LogP contribution in [0.4, 0.5) is 4.39 Å². The van der Waals surface area contributed by atoms with Gasteiger partial charge in [0, 0.05) is 37.1 Å². The number of hydrogen-bond donors (Lipinski definition) is 0. The summed E-state index contributed by atoms with van der Waals surface area (Å²) in [6.07, 6.45) is 0. The maximum atomic E-state index is 14.0. The molecule has 0 spiro atoms. The molecule has 10 heteroatoms. The number of carbonyl (C=O) groups excluding carboxylic acids is 1. The number of sulfonamides is 1. The van der Waals surface area contributed by atoms with E-state index in [-0.39, 0.29) is 37.0 Å². The summed E-state index contributed by atoms with van der Waals surface area (Å²) in [5.74, 6) is -0.333. The summed E-state index contributed by atoms with van der Waals surface area (Å²) < 4.78 is 46.3. The van der Waals surface area contributed by atoms with E-state index in [1.807, 2.05) is 12.3 Å². The van der Waals surface area contributed by atoms with Gasteiger partial charge in [-0.15, -0.1) is 11.3 Å². The predicted octanol–water partition coefficient (Wildman–Crippen LogP) is 3.32. The number of aryl methyl sites for hydroxylation is 1. The van der Waals surface area contributed by atoms with Crippen LogP contribution in [0.2, 0.25) is 0 Å². The van der Waals surface area contributed by atoms with Gasteiger partial charge in [-0.3, -0.25) is 4.79 Å². The highest BCUT2D eigenvalue weighted by Gasteiger charge is 2.32. The third-order valence-corrected chi connectivity index (χ3v) is 7.89. The van der Waals surface area contributed by atoms with Crippen molar-refractivity contribution < 1.29 is 22.3 Å². The molecule has 1 aromatic heterocycles. The van der Waals surface area contributed by atoms with Crippen LogP contribution >= 0.6 is 11.3 Å². The largest absolute Gasteiger partial charge is 0.487 e. The first-order valence-corrected chi connectivity index (χ1v) is 12.3. The Morgan fingerprint density at radius 3 is 2.41 bits per heavy atom. The number of thiazole rings is 1. The molecule has 0 unspecified atom stereocenters. The standard InChI is InChI=1S/C22H22FN3O4S2/c1-16-24-18(15-31-16)14-30-19-8-6-17(7-9-19)22(27)25-10-12-26(13-11-25)32(28,29)21-5-3-2-4-20(21)23/h2-9,15H,10-14H2,1H3. The number of amides is 1. The molecule has 7 nitrogen and oxygen atoms in total. The summed E-state index contributed by atoms with van der Waals surface area (Å²) in [4.78, 5) is 18.4. The number of nitrogens with zero attached hydrogens (tertiary/aromatic N) is 3. The van der Waals surface area contributed by atoms with Gasteiger partial charge in [-0.05, 0) is 43.3 Å². The average molecular weight is 476 g/mol. The van der Waals surface area contributed by atoms with Gasteiger partial charge in [-0.2, -0.15) is 4.31 Å². The molecule has 3 aromatic rings. The third-order valence-electron chi connectivity index (χ3n) is 5.13. The Hall–Kier alpha value is -2.82. The van der Waals surface area contributed by atoms with E-state index in [1.165, 1.54) is 22.5 Å². The van der Waals surface area contributed by atoms with Gasteiger partial charge in [0.15, 0.2) is 0 Å². The van der Waals surface area contributed by atoms with Crippen molar-refractivity contribution >= 4 is 27.3 Å². The van der Waals surface area contributed by atoms with Crippen LogP contribution in [-0.4, -0.2) is 54.7 Å². The minimum absolute atomic E-state index is 0.108. The molecule has 0 atom stereocenters. The lowest BCUT2D eigenvalue weighted by molar-refractivity contribution is 0.0697. The average Bonchev–Trinajstić information content (AvgIpc) is 3.23.